The Labute approximate surface area is 194 Å². The largest absolute Gasteiger partial charge is 0.493 e. The van der Waals surface area contributed by atoms with Gasteiger partial charge in [0.05, 0.1) is 24.8 Å². The van der Waals surface area contributed by atoms with Crippen molar-refractivity contribution < 1.29 is 22.7 Å². The maximum Gasteiger partial charge on any atom is 0.264 e. The van der Waals surface area contributed by atoms with Crippen molar-refractivity contribution in [3.05, 3.63) is 59.1 Å². The maximum absolute atomic E-state index is 13.5. The predicted molar refractivity (Wildman–Crippen MR) is 125 cm³/mol. The Hall–Kier alpha value is -2.71. The number of sulfonamides is 1. The first-order valence-corrected chi connectivity index (χ1v) is 12.1. The number of carbonyl (C=O) groups is 1. The molecule has 1 aliphatic rings. The summed E-state index contributed by atoms with van der Waals surface area (Å²) in [4.78, 5) is 12.7. The van der Waals surface area contributed by atoms with Gasteiger partial charge in [-0.15, -0.1) is 0 Å². The second-order valence-corrected chi connectivity index (χ2v) is 9.69. The summed E-state index contributed by atoms with van der Waals surface area (Å²) in [5, 5.41) is 3.31. The summed E-state index contributed by atoms with van der Waals surface area (Å²) < 4.78 is 38.6. The van der Waals surface area contributed by atoms with Crippen molar-refractivity contribution in [2.45, 2.75) is 30.6 Å². The van der Waals surface area contributed by atoms with Crippen molar-refractivity contribution in [1.29, 1.82) is 0 Å². The molecule has 0 unspecified atom stereocenters. The second kappa shape index (κ2) is 10.7. The van der Waals surface area contributed by atoms with Crippen molar-refractivity contribution >= 4 is 33.2 Å². The Bertz CT molecular complexity index is 1080. The summed E-state index contributed by atoms with van der Waals surface area (Å²) in [6, 6.07) is 10.6. The van der Waals surface area contributed by atoms with Crippen LogP contribution in [0, 0.1) is 0 Å². The van der Waals surface area contributed by atoms with E-state index in [2.05, 4.69) is 11.4 Å². The number of amides is 1. The molecular formula is C23H27ClN2O5S. The number of hydrogen-bond acceptors (Lipinski definition) is 5. The fourth-order valence-corrected chi connectivity index (χ4v) is 5.05. The molecule has 9 heteroatoms. The Morgan fingerprint density at radius 3 is 2.41 bits per heavy atom. The highest BCUT2D eigenvalue weighted by molar-refractivity contribution is 7.92. The molecule has 3 rings (SSSR count). The van der Waals surface area contributed by atoms with Gasteiger partial charge < -0.3 is 14.8 Å². The highest BCUT2D eigenvalue weighted by Crippen LogP contribution is 2.32. The number of carbonyl (C=O) groups excluding carboxylic acids is 1. The summed E-state index contributed by atoms with van der Waals surface area (Å²) in [6.07, 6.45) is 6.36. The molecule has 0 aliphatic heterocycles. The lowest BCUT2D eigenvalue weighted by Crippen LogP contribution is -2.41. The maximum atomic E-state index is 13.5. The van der Waals surface area contributed by atoms with E-state index in [0.717, 1.165) is 30.0 Å². The van der Waals surface area contributed by atoms with Crippen LogP contribution in [-0.4, -0.2) is 41.6 Å². The number of nitrogens with one attached hydrogen (secondary N) is 1. The van der Waals surface area contributed by atoms with E-state index in [-0.39, 0.29) is 17.2 Å². The predicted octanol–water partition coefficient (Wildman–Crippen LogP) is 4.17. The highest BCUT2D eigenvalue weighted by atomic mass is 35.5. The molecular weight excluding hydrogens is 452 g/mol. The Kier molecular flexibility index (Phi) is 8.04. The van der Waals surface area contributed by atoms with Crippen molar-refractivity contribution in [2.24, 2.45) is 0 Å². The lowest BCUT2D eigenvalue weighted by molar-refractivity contribution is -0.119. The van der Waals surface area contributed by atoms with E-state index >= 15 is 0 Å². The molecule has 0 radical (unpaired) electrons. The van der Waals surface area contributed by atoms with Crippen LogP contribution in [0.15, 0.2) is 59.0 Å². The van der Waals surface area contributed by atoms with E-state index in [4.69, 9.17) is 21.1 Å². The summed E-state index contributed by atoms with van der Waals surface area (Å²) in [7, 11) is -1.18. The smallest absolute Gasteiger partial charge is 0.264 e. The molecule has 1 aliphatic carbocycles. The highest BCUT2D eigenvalue weighted by Gasteiger charge is 2.28. The molecule has 7 nitrogen and oxygen atoms in total. The van der Waals surface area contributed by atoms with E-state index in [1.54, 1.807) is 24.3 Å². The third-order valence-electron chi connectivity index (χ3n) is 5.24. The van der Waals surface area contributed by atoms with Gasteiger partial charge in [-0.1, -0.05) is 23.3 Å². The number of benzene rings is 2. The molecule has 0 aromatic heterocycles. The van der Waals surface area contributed by atoms with Crippen LogP contribution in [0.4, 0.5) is 5.69 Å². The Balaban J connectivity index is 1.89. The minimum atomic E-state index is -4.08. The standard InChI is InChI=1S/C23H27ClN2O5S/c1-30-21-13-12-20(14-22(21)31-2)32(28,29)26(19-10-8-18(24)9-11-19)16-23(27)25-15-17-6-4-3-5-7-17/h6,8-14H,3-5,7,15-16H2,1-2H3,(H,25,27). The van der Waals surface area contributed by atoms with E-state index in [1.807, 2.05) is 0 Å². The van der Waals surface area contributed by atoms with Crippen molar-refractivity contribution in [2.75, 3.05) is 31.6 Å². The van der Waals surface area contributed by atoms with Gasteiger partial charge in [0.2, 0.25) is 5.91 Å². The number of halogens is 1. The number of allylic oxidation sites excluding steroid dienone is 1. The minimum Gasteiger partial charge on any atom is -0.493 e. The van der Waals surface area contributed by atoms with Crippen LogP contribution in [0.25, 0.3) is 0 Å². The van der Waals surface area contributed by atoms with Crippen molar-refractivity contribution in [1.82, 2.24) is 5.32 Å². The Morgan fingerprint density at radius 2 is 1.78 bits per heavy atom. The number of nitrogens with zero attached hydrogens (tertiary/aromatic N) is 1. The molecule has 1 amide bonds. The van der Waals surface area contributed by atoms with Crippen LogP contribution in [0.3, 0.4) is 0 Å². The fraction of sp³-hybridized carbons (Fsp3) is 0.348. The normalized spacial score (nSPS) is 13.8. The second-order valence-electron chi connectivity index (χ2n) is 7.39. The lowest BCUT2D eigenvalue weighted by atomic mass is 10.00. The number of methoxy groups -OCH3 is 2. The van der Waals surface area contributed by atoms with Crippen LogP contribution in [0.1, 0.15) is 25.7 Å². The molecule has 2 aromatic carbocycles. The number of ether oxygens (including phenoxy) is 2. The molecule has 0 bridgehead atoms. The summed E-state index contributed by atoms with van der Waals surface area (Å²) in [5.74, 6) is 0.289. The number of anilines is 1. The average Bonchev–Trinajstić information content (AvgIpc) is 2.82. The molecule has 172 valence electrons. The molecule has 0 saturated heterocycles. The van der Waals surface area contributed by atoms with Gasteiger partial charge >= 0.3 is 0 Å². The molecule has 1 N–H and O–H groups in total. The lowest BCUT2D eigenvalue weighted by Gasteiger charge is -2.25. The summed E-state index contributed by atoms with van der Waals surface area (Å²) >= 11 is 5.98. The minimum absolute atomic E-state index is 0.0205. The third kappa shape index (κ3) is 5.75. The van der Waals surface area contributed by atoms with Gasteiger partial charge in [0.1, 0.15) is 6.54 Å². The first-order valence-electron chi connectivity index (χ1n) is 10.3. The van der Waals surface area contributed by atoms with Gasteiger partial charge in [-0.05, 0) is 62.1 Å². The monoisotopic (exact) mass is 478 g/mol. The molecule has 2 aromatic rings. The van der Waals surface area contributed by atoms with E-state index in [0.29, 0.717) is 23.0 Å². The first kappa shape index (κ1) is 23.9. The molecule has 0 atom stereocenters. The Morgan fingerprint density at radius 1 is 1.06 bits per heavy atom. The van der Waals surface area contributed by atoms with E-state index in [1.165, 1.54) is 38.0 Å². The molecule has 32 heavy (non-hydrogen) atoms. The van der Waals surface area contributed by atoms with Gasteiger partial charge in [-0.2, -0.15) is 0 Å². The zero-order valence-corrected chi connectivity index (χ0v) is 19.7. The number of hydrogen-bond donors (Lipinski definition) is 1. The van der Waals surface area contributed by atoms with Crippen molar-refractivity contribution in [3.8, 4) is 11.5 Å². The van der Waals surface area contributed by atoms with Crippen LogP contribution in [0.5, 0.6) is 11.5 Å². The zero-order chi connectivity index (χ0) is 23.1. The fourth-order valence-electron chi connectivity index (χ4n) is 3.49. The average molecular weight is 479 g/mol. The van der Waals surface area contributed by atoms with Crippen LogP contribution >= 0.6 is 11.6 Å². The topological polar surface area (TPSA) is 84.9 Å². The van der Waals surface area contributed by atoms with Crippen LogP contribution < -0.4 is 19.1 Å². The van der Waals surface area contributed by atoms with Crippen LogP contribution in [-0.2, 0) is 14.8 Å². The van der Waals surface area contributed by atoms with Gasteiger partial charge in [0.15, 0.2) is 11.5 Å². The molecule has 0 fully saturated rings. The molecule has 0 heterocycles. The van der Waals surface area contributed by atoms with Crippen molar-refractivity contribution in [3.63, 3.8) is 0 Å². The quantitative estimate of drug-likeness (QED) is 0.547. The number of rotatable bonds is 9. The zero-order valence-electron chi connectivity index (χ0n) is 18.1. The van der Waals surface area contributed by atoms with Crippen LogP contribution in [0.2, 0.25) is 5.02 Å². The third-order valence-corrected chi connectivity index (χ3v) is 7.26. The van der Waals surface area contributed by atoms with Gasteiger partial charge in [0, 0.05) is 17.6 Å². The summed E-state index contributed by atoms with van der Waals surface area (Å²) in [5.41, 5.74) is 1.50. The summed E-state index contributed by atoms with van der Waals surface area (Å²) in [6.45, 7) is 0.0509. The van der Waals surface area contributed by atoms with Gasteiger partial charge in [0.25, 0.3) is 10.0 Å². The van der Waals surface area contributed by atoms with Gasteiger partial charge in [-0.25, -0.2) is 8.42 Å². The first-order chi connectivity index (χ1) is 15.3. The molecule has 0 spiro atoms. The molecule has 0 saturated carbocycles. The van der Waals surface area contributed by atoms with Gasteiger partial charge in [-0.3, -0.25) is 9.10 Å². The van der Waals surface area contributed by atoms with E-state index in [9.17, 15) is 13.2 Å². The van der Waals surface area contributed by atoms with E-state index < -0.39 is 15.9 Å². The SMILES string of the molecule is COc1ccc(S(=O)(=O)N(CC(=O)NCC2=CCCCC2)c2ccc(Cl)cc2)cc1OC.